The van der Waals surface area contributed by atoms with Gasteiger partial charge >= 0.3 is 0 Å². The minimum atomic E-state index is -0.286. The van der Waals surface area contributed by atoms with Crippen molar-refractivity contribution < 1.29 is 14.3 Å². The van der Waals surface area contributed by atoms with Gasteiger partial charge in [-0.1, -0.05) is 25.8 Å². The Kier molecular flexibility index (Phi) is 8.21. The van der Waals surface area contributed by atoms with Crippen molar-refractivity contribution in [2.24, 2.45) is 0 Å². The van der Waals surface area contributed by atoms with E-state index in [1.165, 1.54) is 18.9 Å². The maximum absolute atomic E-state index is 11.9. The average molecular weight is 378 g/mol. The Balaban J connectivity index is 1.81. The topological polar surface area (TPSA) is 71.6 Å². The lowest BCUT2D eigenvalue weighted by Crippen LogP contribution is -2.48. The lowest BCUT2D eigenvalue weighted by Gasteiger charge is -2.15. The van der Waals surface area contributed by atoms with Crippen LogP contribution in [0.1, 0.15) is 44.6 Å². The van der Waals surface area contributed by atoms with Crippen molar-refractivity contribution in [2.45, 2.75) is 45.1 Å². The summed E-state index contributed by atoms with van der Waals surface area (Å²) in [5, 5.41) is 3.64. The normalized spacial score (nSPS) is 14.2. The van der Waals surface area contributed by atoms with Crippen LogP contribution >= 0.6 is 12.2 Å². The highest BCUT2D eigenvalue weighted by Gasteiger charge is 2.15. The highest BCUT2D eigenvalue weighted by atomic mass is 32.1. The molecule has 1 aliphatic rings. The zero-order chi connectivity index (χ0) is 18.8. The fourth-order valence-corrected chi connectivity index (χ4v) is 2.96. The van der Waals surface area contributed by atoms with E-state index in [0.717, 1.165) is 24.8 Å². The minimum Gasteiger partial charge on any atom is -0.493 e. The molecule has 0 radical (unpaired) electrons. The molecular formula is C19H27N3O3S. The first-order chi connectivity index (χ1) is 12.6. The van der Waals surface area contributed by atoms with Gasteiger partial charge in [-0.2, -0.15) is 0 Å². The molecule has 142 valence electrons. The van der Waals surface area contributed by atoms with Gasteiger partial charge in [0.25, 0.3) is 5.91 Å². The third-order valence-corrected chi connectivity index (χ3v) is 4.29. The van der Waals surface area contributed by atoms with Crippen LogP contribution in [0, 0.1) is 0 Å². The largest absolute Gasteiger partial charge is 0.493 e. The van der Waals surface area contributed by atoms with Crippen LogP contribution in [-0.4, -0.2) is 30.8 Å². The summed E-state index contributed by atoms with van der Waals surface area (Å²) in [6.45, 7) is 2.68. The summed E-state index contributed by atoms with van der Waals surface area (Å²) in [4.78, 5) is 11.9. The van der Waals surface area contributed by atoms with Crippen molar-refractivity contribution in [3.05, 3.63) is 29.8 Å². The number of hydrazine groups is 1. The summed E-state index contributed by atoms with van der Waals surface area (Å²) in [6, 6.07) is 5.94. The van der Waals surface area contributed by atoms with E-state index >= 15 is 0 Å². The molecule has 2 rings (SSSR count). The number of rotatable bonds is 7. The Bertz CT molecular complexity index is 643. The fourth-order valence-electron chi connectivity index (χ4n) is 2.74. The molecule has 0 unspecified atom stereocenters. The highest BCUT2D eigenvalue weighted by Crippen LogP contribution is 2.28. The van der Waals surface area contributed by atoms with Gasteiger partial charge in [0.1, 0.15) is 0 Å². The predicted molar refractivity (Wildman–Crippen MR) is 107 cm³/mol. The molecule has 3 N–H and O–H groups in total. The number of nitrogens with one attached hydrogen (secondary N) is 3. The minimum absolute atomic E-state index is 0.286. The van der Waals surface area contributed by atoms with E-state index in [1.54, 1.807) is 13.2 Å². The second-order valence-electron chi connectivity index (χ2n) is 6.16. The van der Waals surface area contributed by atoms with Crippen molar-refractivity contribution in [1.82, 2.24) is 16.2 Å². The maximum atomic E-state index is 11.9. The van der Waals surface area contributed by atoms with Gasteiger partial charge in [0.15, 0.2) is 16.6 Å². The summed E-state index contributed by atoms with van der Waals surface area (Å²) in [7, 11) is 1.59. The Morgan fingerprint density at radius 3 is 2.73 bits per heavy atom. The number of hydrogen-bond acceptors (Lipinski definition) is 4. The molecule has 7 heteroatoms. The number of methoxy groups -OCH3 is 1. The van der Waals surface area contributed by atoms with Gasteiger partial charge in [0.2, 0.25) is 0 Å². The van der Waals surface area contributed by atoms with Crippen molar-refractivity contribution in [3.63, 3.8) is 0 Å². The molecule has 1 fully saturated rings. The van der Waals surface area contributed by atoms with E-state index in [1.807, 2.05) is 25.1 Å². The molecule has 0 saturated heterocycles. The third kappa shape index (κ3) is 6.55. The molecule has 26 heavy (non-hydrogen) atoms. The Morgan fingerprint density at radius 1 is 1.27 bits per heavy atom. The van der Waals surface area contributed by atoms with Crippen molar-refractivity contribution in [3.8, 4) is 11.5 Å². The van der Waals surface area contributed by atoms with Crippen molar-refractivity contribution in [2.75, 3.05) is 13.7 Å². The van der Waals surface area contributed by atoms with E-state index in [2.05, 4.69) is 16.2 Å². The summed E-state index contributed by atoms with van der Waals surface area (Å²) in [6.07, 6.45) is 8.76. The van der Waals surface area contributed by atoms with Gasteiger partial charge in [0.05, 0.1) is 13.7 Å². The zero-order valence-electron chi connectivity index (χ0n) is 15.3. The lowest BCUT2D eigenvalue weighted by molar-refractivity contribution is -0.116. The van der Waals surface area contributed by atoms with Crippen LogP contribution in [-0.2, 0) is 4.79 Å². The molecule has 0 spiro atoms. The summed E-state index contributed by atoms with van der Waals surface area (Å²) in [5.74, 6) is 1.05. The Hall–Kier alpha value is -2.28. The van der Waals surface area contributed by atoms with Crippen LogP contribution in [0.5, 0.6) is 11.5 Å². The zero-order valence-corrected chi connectivity index (χ0v) is 16.2. The summed E-state index contributed by atoms with van der Waals surface area (Å²) < 4.78 is 11.0. The van der Waals surface area contributed by atoms with Gasteiger partial charge in [0, 0.05) is 12.1 Å². The van der Waals surface area contributed by atoms with Gasteiger partial charge in [-0.05, 0) is 55.3 Å². The number of hydrogen-bond donors (Lipinski definition) is 3. The molecular weight excluding hydrogens is 350 g/mol. The van der Waals surface area contributed by atoms with E-state index in [4.69, 9.17) is 21.7 Å². The number of thiocarbonyl (C=S) groups is 1. The van der Waals surface area contributed by atoms with Crippen LogP contribution < -0.4 is 25.6 Å². The SMILES string of the molecule is CCCOc1ccc(/C=C/C(=O)NNC(=S)NC2CCCC2)cc1OC. The van der Waals surface area contributed by atoms with Crippen LogP contribution in [0.15, 0.2) is 24.3 Å². The van der Waals surface area contributed by atoms with E-state index < -0.39 is 0 Å². The Morgan fingerprint density at radius 2 is 2.04 bits per heavy atom. The van der Waals surface area contributed by atoms with Crippen molar-refractivity contribution in [1.29, 1.82) is 0 Å². The molecule has 1 aromatic carbocycles. The maximum Gasteiger partial charge on any atom is 0.262 e. The summed E-state index contributed by atoms with van der Waals surface area (Å²) >= 11 is 5.18. The van der Waals surface area contributed by atoms with Gasteiger partial charge in [-0.3, -0.25) is 15.6 Å². The molecule has 1 amide bonds. The van der Waals surface area contributed by atoms with Gasteiger partial charge in [-0.25, -0.2) is 0 Å². The third-order valence-electron chi connectivity index (χ3n) is 4.07. The molecule has 0 aliphatic heterocycles. The molecule has 0 heterocycles. The Labute approximate surface area is 160 Å². The smallest absolute Gasteiger partial charge is 0.262 e. The molecule has 0 bridgehead atoms. The molecule has 6 nitrogen and oxygen atoms in total. The van der Waals surface area contributed by atoms with Crippen LogP contribution in [0.4, 0.5) is 0 Å². The second-order valence-corrected chi connectivity index (χ2v) is 6.57. The number of ether oxygens (including phenoxy) is 2. The van der Waals surface area contributed by atoms with E-state index in [9.17, 15) is 4.79 Å². The molecule has 0 aromatic heterocycles. The number of benzene rings is 1. The first-order valence-corrected chi connectivity index (χ1v) is 9.38. The number of carbonyl (C=O) groups is 1. The van der Waals surface area contributed by atoms with E-state index in [-0.39, 0.29) is 5.91 Å². The lowest BCUT2D eigenvalue weighted by atomic mass is 10.2. The molecule has 1 aliphatic carbocycles. The summed E-state index contributed by atoms with van der Waals surface area (Å²) in [5.41, 5.74) is 6.12. The molecule has 1 saturated carbocycles. The van der Waals surface area contributed by atoms with Crippen LogP contribution in [0.3, 0.4) is 0 Å². The number of carbonyl (C=O) groups excluding carboxylic acids is 1. The van der Waals surface area contributed by atoms with Crippen molar-refractivity contribution >= 4 is 29.3 Å². The van der Waals surface area contributed by atoms with Gasteiger partial charge in [-0.15, -0.1) is 0 Å². The van der Waals surface area contributed by atoms with Crippen LogP contribution in [0.2, 0.25) is 0 Å². The monoisotopic (exact) mass is 377 g/mol. The standard InChI is InChI=1S/C19H27N3O3S/c1-3-12-25-16-10-8-14(13-17(16)24-2)9-11-18(23)21-22-19(26)20-15-6-4-5-7-15/h8-11,13,15H,3-7,12H2,1-2H3,(H,21,23)(H2,20,22,26)/b11-9+. The average Bonchev–Trinajstić information content (AvgIpc) is 3.16. The fraction of sp³-hybridized carbons (Fsp3) is 0.474. The predicted octanol–water partition coefficient (Wildman–Crippen LogP) is 2.94. The molecule has 0 atom stereocenters. The highest BCUT2D eigenvalue weighted by molar-refractivity contribution is 7.80. The van der Waals surface area contributed by atoms with Crippen LogP contribution in [0.25, 0.3) is 6.08 Å². The first kappa shape index (κ1) is 20.0. The van der Waals surface area contributed by atoms with Gasteiger partial charge < -0.3 is 14.8 Å². The van der Waals surface area contributed by atoms with E-state index in [0.29, 0.717) is 29.3 Å². The first-order valence-electron chi connectivity index (χ1n) is 8.97. The quantitative estimate of drug-likeness (QED) is 0.386. The number of amides is 1. The second kappa shape index (κ2) is 10.7. The molecule has 1 aromatic rings.